The number of nitrogens with zero attached hydrogens (tertiary/aromatic N) is 2. The summed E-state index contributed by atoms with van der Waals surface area (Å²) in [4.78, 5) is 67.4. The number of amides is 1. The summed E-state index contributed by atoms with van der Waals surface area (Å²) in [6.45, 7) is -0.579. The summed E-state index contributed by atoms with van der Waals surface area (Å²) in [5.41, 5.74) is 0.866. The molecule has 1 amide bonds. The lowest BCUT2D eigenvalue weighted by Gasteiger charge is -2.13. The zero-order chi connectivity index (χ0) is 29.8. The molecule has 3 aromatic rings. The van der Waals surface area contributed by atoms with Crippen LogP contribution in [0.15, 0.2) is 48.5 Å². The lowest BCUT2D eigenvalue weighted by Crippen LogP contribution is -2.17. The lowest BCUT2D eigenvalue weighted by molar-refractivity contribution is -0.757. The minimum atomic E-state index is -0.980. The summed E-state index contributed by atoms with van der Waals surface area (Å²) in [6.07, 6.45) is -0.253. The molecular formula is C24H21N3O11S3. The topological polar surface area (TPSA) is 186 Å². The Kier molecular flexibility index (Phi) is 11.6. The van der Waals surface area contributed by atoms with Gasteiger partial charge < -0.3 is 24.5 Å². The third kappa shape index (κ3) is 10.5. The van der Waals surface area contributed by atoms with Crippen molar-refractivity contribution in [2.45, 2.75) is 25.7 Å². The second kappa shape index (κ2) is 15.3. The maximum absolute atomic E-state index is 13.1. The number of benzene rings is 2. The molecule has 3 rings (SSSR count). The fourth-order valence-electron chi connectivity index (χ4n) is 3.20. The molecule has 216 valence electrons. The predicted octanol–water partition coefficient (Wildman–Crippen LogP) is 5.25. The molecule has 1 heterocycles. The van der Waals surface area contributed by atoms with Gasteiger partial charge in [0.05, 0.1) is 13.2 Å². The summed E-state index contributed by atoms with van der Waals surface area (Å²) in [5, 5.41) is 21.1. The number of esters is 2. The van der Waals surface area contributed by atoms with E-state index in [1.807, 2.05) is 6.07 Å². The van der Waals surface area contributed by atoms with E-state index >= 15 is 0 Å². The first-order valence-electron chi connectivity index (χ1n) is 11.7. The van der Waals surface area contributed by atoms with E-state index in [1.54, 1.807) is 24.3 Å². The largest absolute Gasteiger partial charge is 0.426 e. The van der Waals surface area contributed by atoms with Crippen molar-refractivity contribution in [1.29, 1.82) is 0 Å². The van der Waals surface area contributed by atoms with Crippen LogP contribution in [-0.4, -0.2) is 41.2 Å². The molecule has 41 heavy (non-hydrogen) atoms. The average molecular weight is 624 g/mol. The fourth-order valence-corrected chi connectivity index (χ4v) is 5.61. The molecule has 0 bridgehead atoms. The van der Waals surface area contributed by atoms with Crippen LogP contribution in [0.4, 0.5) is 5.69 Å². The van der Waals surface area contributed by atoms with Crippen LogP contribution in [0.2, 0.25) is 0 Å². The number of nitrogens with one attached hydrogen (secondary N) is 1. The Balaban J connectivity index is 1.73. The maximum Gasteiger partial charge on any atom is 0.347 e. The first kappa shape index (κ1) is 31.1. The van der Waals surface area contributed by atoms with Crippen molar-refractivity contribution in [1.82, 2.24) is 0 Å². The Bertz CT molecular complexity index is 1470. The number of hydrogen-bond acceptors (Lipinski definition) is 14. The van der Waals surface area contributed by atoms with Crippen LogP contribution in [0.25, 0.3) is 10.4 Å². The van der Waals surface area contributed by atoms with Gasteiger partial charge in [-0.05, 0) is 66.9 Å². The Morgan fingerprint density at radius 2 is 1.51 bits per heavy atom. The number of carbonyl (C=O) groups excluding carboxylic acids is 3. The summed E-state index contributed by atoms with van der Waals surface area (Å²) in [7, 11) is 2.98. The SMILES string of the molecule is O=C(CCCO[N+](=O)[O-])Nc1ccc(OC(=O)CCCO[N+](=O)[O-])c(C(=O)Oc2ccc(-c3cc(=S)ss3)cc2)c1. The summed E-state index contributed by atoms with van der Waals surface area (Å²) in [5.74, 6) is -2.14. The highest BCUT2D eigenvalue weighted by molar-refractivity contribution is 7.80. The number of ether oxygens (including phenoxy) is 2. The van der Waals surface area contributed by atoms with E-state index in [2.05, 4.69) is 15.0 Å². The molecule has 17 heteroatoms. The van der Waals surface area contributed by atoms with Crippen molar-refractivity contribution in [2.75, 3.05) is 18.5 Å². The number of anilines is 1. The van der Waals surface area contributed by atoms with Gasteiger partial charge in [0.15, 0.2) is 0 Å². The van der Waals surface area contributed by atoms with Crippen molar-refractivity contribution < 1.29 is 43.7 Å². The molecule has 0 spiro atoms. The van der Waals surface area contributed by atoms with Gasteiger partial charge in [0.1, 0.15) is 20.9 Å². The van der Waals surface area contributed by atoms with Gasteiger partial charge in [-0.15, -0.1) is 20.2 Å². The minimum Gasteiger partial charge on any atom is -0.426 e. The van der Waals surface area contributed by atoms with Crippen LogP contribution in [0, 0.1) is 24.1 Å². The van der Waals surface area contributed by atoms with Gasteiger partial charge in [-0.1, -0.05) is 32.9 Å². The minimum absolute atomic E-state index is 0.00179. The van der Waals surface area contributed by atoms with E-state index in [9.17, 15) is 34.6 Å². The van der Waals surface area contributed by atoms with E-state index in [0.29, 0.717) is 0 Å². The first-order valence-corrected chi connectivity index (χ1v) is 14.3. The molecule has 0 unspecified atom stereocenters. The fraction of sp³-hybridized carbons (Fsp3) is 0.250. The monoisotopic (exact) mass is 623 g/mol. The molecule has 0 aliphatic carbocycles. The van der Waals surface area contributed by atoms with Crippen LogP contribution in [0.3, 0.4) is 0 Å². The van der Waals surface area contributed by atoms with Gasteiger partial charge in [-0.2, -0.15) is 0 Å². The molecule has 0 aliphatic heterocycles. The molecule has 0 radical (unpaired) electrons. The van der Waals surface area contributed by atoms with Crippen LogP contribution < -0.4 is 14.8 Å². The van der Waals surface area contributed by atoms with Gasteiger partial charge in [-0.25, -0.2) is 4.79 Å². The van der Waals surface area contributed by atoms with Crippen LogP contribution in [0.5, 0.6) is 11.5 Å². The highest BCUT2D eigenvalue weighted by Gasteiger charge is 2.20. The highest BCUT2D eigenvalue weighted by Crippen LogP contribution is 2.31. The Labute approximate surface area is 244 Å². The van der Waals surface area contributed by atoms with E-state index < -0.39 is 28.0 Å². The molecule has 1 N–H and O–H groups in total. The Morgan fingerprint density at radius 1 is 0.854 bits per heavy atom. The Hall–Kier alpha value is -4.48. The summed E-state index contributed by atoms with van der Waals surface area (Å²) in [6, 6.07) is 12.4. The summed E-state index contributed by atoms with van der Waals surface area (Å²) < 4.78 is 11.5. The van der Waals surface area contributed by atoms with Crippen molar-refractivity contribution in [3.05, 3.63) is 78.1 Å². The van der Waals surface area contributed by atoms with Crippen LogP contribution in [-0.2, 0) is 19.3 Å². The second-order valence-corrected chi connectivity index (χ2v) is 10.9. The quantitative estimate of drug-likeness (QED) is 0.0441. The van der Waals surface area contributed by atoms with Crippen molar-refractivity contribution in [3.63, 3.8) is 0 Å². The summed E-state index contributed by atoms with van der Waals surface area (Å²) >= 11 is 5.16. The third-order valence-electron chi connectivity index (χ3n) is 4.99. The molecule has 2 aromatic carbocycles. The van der Waals surface area contributed by atoms with E-state index in [1.165, 1.54) is 38.9 Å². The zero-order valence-electron chi connectivity index (χ0n) is 21.0. The van der Waals surface area contributed by atoms with Gasteiger partial charge in [0, 0.05) is 23.4 Å². The standard InChI is InChI=1S/C24H21N3O11S3/c28-21(3-1-11-35-26(31)32)25-16-7-10-19(38-22(29)4-2-12-36-27(33)34)18(13-16)24(30)37-17-8-5-15(6-9-17)20-14-23(39)41-40-20/h5-10,13-14H,1-4,11-12H2,(H,25,28). The van der Waals surface area contributed by atoms with Crippen LogP contribution >= 0.6 is 32.9 Å². The molecule has 0 saturated heterocycles. The van der Waals surface area contributed by atoms with Crippen molar-refractivity contribution >= 4 is 56.4 Å². The highest BCUT2D eigenvalue weighted by atomic mass is 32.9. The maximum atomic E-state index is 13.1. The van der Waals surface area contributed by atoms with Gasteiger partial charge >= 0.3 is 11.9 Å². The Morgan fingerprint density at radius 3 is 2.12 bits per heavy atom. The van der Waals surface area contributed by atoms with Gasteiger partial charge in [-0.3, -0.25) is 9.59 Å². The number of carbonyl (C=O) groups is 3. The second-order valence-electron chi connectivity index (χ2n) is 7.96. The average Bonchev–Trinajstić information content (AvgIpc) is 3.36. The van der Waals surface area contributed by atoms with Crippen molar-refractivity contribution in [3.8, 4) is 21.9 Å². The third-order valence-corrected chi connectivity index (χ3v) is 7.90. The molecule has 0 aliphatic rings. The number of hydrogen-bond donors (Lipinski definition) is 1. The van der Waals surface area contributed by atoms with Crippen molar-refractivity contribution in [2.24, 2.45) is 0 Å². The molecule has 14 nitrogen and oxygen atoms in total. The van der Waals surface area contributed by atoms with E-state index in [-0.39, 0.29) is 61.6 Å². The molecule has 0 saturated carbocycles. The van der Waals surface area contributed by atoms with Gasteiger partial charge in [0.25, 0.3) is 10.2 Å². The lowest BCUT2D eigenvalue weighted by atomic mass is 10.1. The zero-order valence-corrected chi connectivity index (χ0v) is 23.4. The normalized spacial score (nSPS) is 10.3. The first-order chi connectivity index (χ1) is 19.6. The molecule has 1 aromatic heterocycles. The van der Waals surface area contributed by atoms with Crippen LogP contribution in [0.1, 0.15) is 36.0 Å². The molecule has 0 atom stereocenters. The molecular weight excluding hydrogens is 602 g/mol. The number of rotatable bonds is 15. The predicted molar refractivity (Wildman–Crippen MR) is 148 cm³/mol. The van der Waals surface area contributed by atoms with Gasteiger partial charge in [0.2, 0.25) is 5.91 Å². The molecule has 0 fully saturated rings. The smallest absolute Gasteiger partial charge is 0.347 e. The van der Waals surface area contributed by atoms with E-state index in [0.717, 1.165) is 14.3 Å². The van der Waals surface area contributed by atoms with E-state index in [4.69, 9.17) is 21.7 Å².